The Morgan fingerprint density at radius 3 is 2.41 bits per heavy atom. The van der Waals surface area contributed by atoms with E-state index < -0.39 is 18.0 Å². The van der Waals surface area contributed by atoms with Crippen LogP contribution in [0.2, 0.25) is 0 Å². The molecule has 1 amide bonds. The highest BCUT2D eigenvalue weighted by Gasteiger charge is 2.45. The van der Waals surface area contributed by atoms with Gasteiger partial charge in [0.1, 0.15) is 5.92 Å². The smallest absolute Gasteiger partial charge is 0.341 e. The lowest BCUT2D eigenvalue weighted by atomic mass is 9.89. The number of likely N-dealkylation sites (tertiary alicyclic amines) is 1. The van der Waals surface area contributed by atoms with Gasteiger partial charge in [0.15, 0.2) is 0 Å². The number of hydrogen-bond donors (Lipinski definition) is 1. The second-order valence-electron chi connectivity index (χ2n) is 5.52. The summed E-state index contributed by atoms with van der Waals surface area (Å²) in [6.07, 6.45) is -4.50. The molecule has 3 nitrogen and oxygen atoms in total. The predicted octanol–water partition coefficient (Wildman–Crippen LogP) is 2.81. The van der Waals surface area contributed by atoms with E-state index in [1.54, 1.807) is 0 Å². The molecule has 1 aromatic carbocycles. The zero-order valence-corrected chi connectivity index (χ0v) is 13.0. The lowest BCUT2D eigenvalue weighted by Crippen LogP contribution is -2.40. The number of benzene rings is 1. The molecule has 1 aliphatic heterocycles. The molecular formula is C15H20ClF3N2O. The zero-order valence-electron chi connectivity index (χ0n) is 12.2. The highest BCUT2D eigenvalue weighted by Crippen LogP contribution is 2.35. The first-order valence-corrected chi connectivity index (χ1v) is 6.95. The number of carbonyl (C=O) groups excluding carboxylic acids is 1. The first-order chi connectivity index (χ1) is 9.84. The molecule has 1 unspecified atom stereocenters. The van der Waals surface area contributed by atoms with Crippen molar-refractivity contribution in [1.82, 2.24) is 4.90 Å². The summed E-state index contributed by atoms with van der Waals surface area (Å²) in [7, 11) is 0. The van der Waals surface area contributed by atoms with Crippen molar-refractivity contribution in [3.05, 3.63) is 35.9 Å². The van der Waals surface area contributed by atoms with E-state index in [0.717, 1.165) is 12.5 Å². The average Bonchev–Trinajstić information content (AvgIpc) is 2.90. The van der Waals surface area contributed by atoms with Gasteiger partial charge in [-0.1, -0.05) is 30.3 Å². The predicted molar refractivity (Wildman–Crippen MR) is 80.8 cm³/mol. The van der Waals surface area contributed by atoms with Gasteiger partial charge in [0.25, 0.3) is 0 Å². The summed E-state index contributed by atoms with van der Waals surface area (Å²) in [6.45, 7) is 1.85. The fourth-order valence-electron chi connectivity index (χ4n) is 2.78. The Morgan fingerprint density at radius 1 is 1.32 bits per heavy atom. The van der Waals surface area contributed by atoms with Gasteiger partial charge in [0.05, 0.1) is 0 Å². The Kier molecular flexibility index (Phi) is 6.26. The average molecular weight is 337 g/mol. The van der Waals surface area contributed by atoms with E-state index >= 15 is 0 Å². The van der Waals surface area contributed by atoms with Crippen molar-refractivity contribution in [3.63, 3.8) is 0 Å². The summed E-state index contributed by atoms with van der Waals surface area (Å²) >= 11 is 0. The third-order valence-corrected chi connectivity index (χ3v) is 4.14. The molecule has 0 aromatic heterocycles. The van der Waals surface area contributed by atoms with E-state index in [4.69, 9.17) is 5.73 Å². The minimum Gasteiger partial charge on any atom is -0.341 e. The maximum atomic E-state index is 12.7. The van der Waals surface area contributed by atoms with Gasteiger partial charge in [-0.15, -0.1) is 12.4 Å². The van der Waals surface area contributed by atoms with Crippen LogP contribution in [0.15, 0.2) is 30.3 Å². The second kappa shape index (κ2) is 7.33. The molecule has 0 bridgehead atoms. The standard InChI is InChI=1S/C15H19F3N2O.ClH/c1-10(15(16,17)18)14(21)20-8-12(7-19)13(9-20)11-5-3-2-4-6-11;/h2-6,10,12-13H,7-9,19H2,1H3;1H/t10?,12-,13+;/m1./s1. The van der Waals surface area contributed by atoms with Crippen LogP contribution in [0.5, 0.6) is 0 Å². The van der Waals surface area contributed by atoms with Gasteiger partial charge >= 0.3 is 6.18 Å². The Hall–Kier alpha value is -1.27. The van der Waals surface area contributed by atoms with Crippen LogP contribution in [0.1, 0.15) is 18.4 Å². The molecule has 1 fully saturated rings. The van der Waals surface area contributed by atoms with E-state index in [1.165, 1.54) is 4.90 Å². The Bertz CT molecular complexity index is 495. The van der Waals surface area contributed by atoms with Crippen molar-refractivity contribution < 1.29 is 18.0 Å². The summed E-state index contributed by atoms with van der Waals surface area (Å²) in [6, 6.07) is 9.49. The number of nitrogens with two attached hydrogens (primary N) is 1. The van der Waals surface area contributed by atoms with Crippen molar-refractivity contribution in [2.24, 2.45) is 17.6 Å². The molecule has 124 valence electrons. The van der Waals surface area contributed by atoms with E-state index in [-0.39, 0.29) is 30.8 Å². The molecule has 7 heteroatoms. The lowest BCUT2D eigenvalue weighted by Gasteiger charge is -2.22. The first-order valence-electron chi connectivity index (χ1n) is 6.95. The molecule has 3 atom stereocenters. The summed E-state index contributed by atoms with van der Waals surface area (Å²) in [5.41, 5.74) is 6.74. The number of alkyl halides is 3. The number of hydrogen-bond acceptors (Lipinski definition) is 2. The van der Waals surface area contributed by atoms with Gasteiger partial charge in [-0.2, -0.15) is 13.2 Å². The maximum Gasteiger partial charge on any atom is 0.400 e. The maximum absolute atomic E-state index is 12.7. The molecule has 0 aliphatic carbocycles. The van der Waals surface area contributed by atoms with Gasteiger partial charge in [-0.3, -0.25) is 4.79 Å². The van der Waals surface area contributed by atoms with Crippen molar-refractivity contribution >= 4 is 18.3 Å². The van der Waals surface area contributed by atoms with Crippen LogP contribution in [-0.4, -0.2) is 36.6 Å². The van der Waals surface area contributed by atoms with Crippen molar-refractivity contribution in [2.75, 3.05) is 19.6 Å². The summed E-state index contributed by atoms with van der Waals surface area (Å²) < 4.78 is 38.0. The van der Waals surface area contributed by atoms with Crippen LogP contribution < -0.4 is 5.73 Å². The van der Waals surface area contributed by atoms with E-state index in [2.05, 4.69) is 0 Å². The van der Waals surface area contributed by atoms with E-state index in [0.29, 0.717) is 13.1 Å². The van der Waals surface area contributed by atoms with Gasteiger partial charge in [-0.05, 0) is 24.9 Å². The van der Waals surface area contributed by atoms with Gasteiger partial charge in [0.2, 0.25) is 5.91 Å². The monoisotopic (exact) mass is 336 g/mol. The van der Waals surface area contributed by atoms with Crippen molar-refractivity contribution in [3.8, 4) is 0 Å². The normalized spacial score (nSPS) is 23.0. The first kappa shape index (κ1) is 18.8. The Morgan fingerprint density at radius 2 is 1.91 bits per heavy atom. The molecule has 22 heavy (non-hydrogen) atoms. The van der Waals surface area contributed by atoms with Crippen LogP contribution in [0.3, 0.4) is 0 Å². The van der Waals surface area contributed by atoms with Gasteiger partial charge in [-0.25, -0.2) is 0 Å². The molecule has 0 radical (unpaired) electrons. The van der Waals surface area contributed by atoms with Crippen molar-refractivity contribution in [2.45, 2.75) is 19.0 Å². The number of rotatable bonds is 3. The molecular weight excluding hydrogens is 317 g/mol. The molecule has 0 saturated carbocycles. The van der Waals surface area contributed by atoms with Gasteiger partial charge < -0.3 is 10.6 Å². The van der Waals surface area contributed by atoms with Crippen LogP contribution in [0.4, 0.5) is 13.2 Å². The Balaban J connectivity index is 0.00000242. The lowest BCUT2D eigenvalue weighted by molar-refractivity contribution is -0.184. The second-order valence-corrected chi connectivity index (χ2v) is 5.52. The fourth-order valence-corrected chi connectivity index (χ4v) is 2.78. The summed E-state index contributed by atoms with van der Waals surface area (Å²) in [4.78, 5) is 13.3. The zero-order chi connectivity index (χ0) is 15.6. The SMILES string of the molecule is CC(C(=O)N1C[C@@H](CN)[C@H](c2ccccc2)C1)C(F)(F)F.Cl. The topological polar surface area (TPSA) is 46.3 Å². The minimum absolute atomic E-state index is 0. The molecule has 0 spiro atoms. The van der Waals surface area contributed by atoms with E-state index in [9.17, 15) is 18.0 Å². The fraction of sp³-hybridized carbons (Fsp3) is 0.533. The molecule has 2 N–H and O–H groups in total. The summed E-state index contributed by atoms with van der Waals surface area (Å²) in [5.74, 6) is -2.83. The molecule has 1 saturated heterocycles. The largest absolute Gasteiger partial charge is 0.400 e. The van der Waals surface area contributed by atoms with E-state index in [1.807, 2.05) is 30.3 Å². The quantitative estimate of drug-likeness (QED) is 0.922. The van der Waals surface area contributed by atoms with Crippen LogP contribution in [0.25, 0.3) is 0 Å². The highest BCUT2D eigenvalue weighted by molar-refractivity contribution is 5.85. The van der Waals surface area contributed by atoms with Crippen molar-refractivity contribution in [1.29, 1.82) is 0 Å². The minimum atomic E-state index is -4.50. The van der Waals surface area contributed by atoms with Crippen LogP contribution >= 0.6 is 12.4 Å². The van der Waals surface area contributed by atoms with Crippen LogP contribution in [0, 0.1) is 11.8 Å². The number of amides is 1. The number of halogens is 4. The Labute approximate surface area is 134 Å². The molecule has 2 rings (SSSR count). The number of carbonyl (C=O) groups is 1. The summed E-state index contributed by atoms with van der Waals surface area (Å²) in [5, 5.41) is 0. The molecule has 1 heterocycles. The molecule has 1 aliphatic rings. The van der Waals surface area contributed by atoms with Gasteiger partial charge in [0, 0.05) is 19.0 Å². The molecule has 1 aromatic rings. The third-order valence-electron chi connectivity index (χ3n) is 4.14. The van der Waals surface area contributed by atoms with Crippen LogP contribution in [-0.2, 0) is 4.79 Å². The third kappa shape index (κ3) is 3.93. The highest BCUT2D eigenvalue weighted by atomic mass is 35.5. The number of nitrogens with zero attached hydrogens (tertiary/aromatic N) is 1.